The zero-order valence-corrected chi connectivity index (χ0v) is 11.7. The number of rotatable bonds is 4. The van der Waals surface area contributed by atoms with Crippen molar-refractivity contribution < 1.29 is 19.4 Å². The Morgan fingerprint density at radius 1 is 1.30 bits per heavy atom. The van der Waals surface area contributed by atoms with Crippen molar-refractivity contribution in [3.63, 3.8) is 0 Å². The first-order chi connectivity index (χ1) is 9.52. The summed E-state index contributed by atoms with van der Waals surface area (Å²) in [5.74, 6) is -1.41. The summed E-state index contributed by atoms with van der Waals surface area (Å²) in [6.07, 6.45) is 0. The van der Waals surface area contributed by atoms with Crippen LogP contribution in [0.4, 0.5) is 0 Å². The number of carboxylic acid groups (broad SMARTS) is 1. The van der Waals surface area contributed by atoms with Crippen LogP contribution in [0, 0.1) is 11.8 Å². The fourth-order valence-corrected chi connectivity index (χ4v) is 2.55. The van der Waals surface area contributed by atoms with E-state index in [4.69, 9.17) is 9.84 Å². The Balaban J connectivity index is 2.06. The molecule has 2 unspecified atom stereocenters. The molecular formula is C15H19NO4. The fraction of sp³-hybridized carbons (Fsp3) is 0.467. The molecule has 0 aliphatic carbocycles. The van der Waals surface area contributed by atoms with E-state index in [9.17, 15) is 9.59 Å². The van der Waals surface area contributed by atoms with Gasteiger partial charge in [-0.15, -0.1) is 0 Å². The number of ether oxygens (including phenoxy) is 1. The highest BCUT2D eigenvalue weighted by Gasteiger charge is 2.37. The number of benzene rings is 1. The van der Waals surface area contributed by atoms with Gasteiger partial charge >= 0.3 is 5.97 Å². The maximum atomic E-state index is 12.3. The molecule has 2 atom stereocenters. The summed E-state index contributed by atoms with van der Waals surface area (Å²) in [4.78, 5) is 25.0. The minimum atomic E-state index is -0.830. The Bertz CT molecular complexity index is 497. The van der Waals surface area contributed by atoms with Gasteiger partial charge in [0.1, 0.15) is 0 Å². The fourth-order valence-electron chi connectivity index (χ4n) is 2.55. The summed E-state index contributed by atoms with van der Waals surface area (Å²) in [6, 6.07) is 7.22. The number of carbonyl (C=O) groups excluding carboxylic acids is 1. The Kier molecular flexibility index (Phi) is 4.39. The second-order valence-corrected chi connectivity index (χ2v) is 5.26. The average Bonchev–Trinajstić information content (AvgIpc) is 2.81. The minimum Gasteiger partial charge on any atom is -0.481 e. The lowest BCUT2D eigenvalue weighted by molar-refractivity contribution is -0.142. The van der Waals surface area contributed by atoms with E-state index in [1.54, 1.807) is 24.1 Å². The molecule has 5 heteroatoms. The van der Waals surface area contributed by atoms with Crippen molar-refractivity contribution in [3.05, 3.63) is 35.4 Å². The zero-order valence-electron chi connectivity index (χ0n) is 11.7. The van der Waals surface area contributed by atoms with Gasteiger partial charge in [0, 0.05) is 25.8 Å². The summed E-state index contributed by atoms with van der Waals surface area (Å²) >= 11 is 0. The highest BCUT2D eigenvalue weighted by molar-refractivity contribution is 5.94. The lowest BCUT2D eigenvalue weighted by Gasteiger charge is -2.16. The molecule has 1 amide bonds. The van der Waals surface area contributed by atoms with Crippen LogP contribution in [0.2, 0.25) is 0 Å². The van der Waals surface area contributed by atoms with Crippen LogP contribution in [0.5, 0.6) is 0 Å². The van der Waals surface area contributed by atoms with Crippen molar-refractivity contribution in [1.29, 1.82) is 0 Å². The number of amides is 1. The maximum Gasteiger partial charge on any atom is 0.308 e. The van der Waals surface area contributed by atoms with Gasteiger partial charge in [0.2, 0.25) is 0 Å². The van der Waals surface area contributed by atoms with Crippen LogP contribution in [0.15, 0.2) is 24.3 Å². The van der Waals surface area contributed by atoms with Crippen LogP contribution in [-0.4, -0.2) is 42.1 Å². The quantitative estimate of drug-likeness (QED) is 0.908. The highest BCUT2D eigenvalue weighted by atomic mass is 16.5. The van der Waals surface area contributed by atoms with E-state index in [0.717, 1.165) is 5.56 Å². The smallest absolute Gasteiger partial charge is 0.308 e. The molecule has 108 valence electrons. The number of likely N-dealkylation sites (tertiary alicyclic amines) is 1. The monoisotopic (exact) mass is 277 g/mol. The van der Waals surface area contributed by atoms with Gasteiger partial charge in [-0.2, -0.15) is 0 Å². The lowest BCUT2D eigenvalue weighted by atomic mass is 9.99. The van der Waals surface area contributed by atoms with E-state index in [0.29, 0.717) is 18.7 Å². The summed E-state index contributed by atoms with van der Waals surface area (Å²) in [7, 11) is 1.62. The van der Waals surface area contributed by atoms with Crippen LogP contribution in [-0.2, 0) is 16.1 Å². The number of methoxy groups -OCH3 is 1. The van der Waals surface area contributed by atoms with Gasteiger partial charge in [-0.05, 0) is 23.6 Å². The van der Waals surface area contributed by atoms with E-state index in [1.807, 2.05) is 19.1 Å². The SMILES string of the molecule is COCc1ccc(C(=O)N2CC(C)C(C(=O)O)C2)cc1. The maximum absolute atomic E-state index is 12.3. The molecule has 1 aliphatic rings. The molecule has 0 radical (unpaired) electrons. The van der Waals surface area contributed by atoms with Crippen molar-refractivity contribution in [2.75, 3.05) is 20.2 Å². The predicted octanol–water partition coefficient (Wildman–Crippen LogP) is 1.63. The van der Waals surface area contributed by atoms with Crippen molar-refractivity contribution in [3.8, 4) is 0 Å². The molecule has 1 aromatic carbocycles. The van der Waals surface area contributed by atoms with Crippen LogP contribution < -0.4 is 0 Å². The molecule has 0 spiro atoms. The third-order valence-corrected chi connectivity index (χ3v) is 3.73. The summed E-state index contributed by atoms with van der Waals surface area (Å²) < 4.78 is 5.02. The molecule has 1 aromatic rings. The van der Waals surface area contributed by atoms with Gasteiger partial charge in [-0.3, -0.25) is 9.59 Å². The van der Waals surface area contributed by atoms with Gasteiger partial charge in [0.15, 0.2) is 0 Å². The Hall–Kier alpha value is -1.88. The average molecular weight is 277 g/mol. The standard InChI is InChI=1S/C15H19NO4/c1-10-7-16(8-13(10)15(18)19)14(17)12-5-3-11(4-6-12)9-20-2/h3-6,10,13H,7-9H2,1-2H3,(H,18,19). The van der Waals surface area contributed by atoms with E-state index in [1.165, 1.54) is 0 Å². The second-order valence-electron chi connectivity index (χ2n) is 5.26. The lowest BCUT2D eigenvalue weighted by Crippen LogP contribution is -2.29. The van der Waals surface area contributed by atoms with E-state index in [2.05, 4.69) is 0 Å². The van der Waals surface area contributed by atoms with Crippen LogP contribution in [0.3, 0.4) is 0 Å². The third-order valence-electron chi connectivity index (χ3n) is 3.73. The molecular weight excluding hydrogens is 258 g/mol. The minimum absolute atomic E-state index is 0.00999. The van der Waals surface area contributed by atoms with Crippen LogP contribution >= 0.6 is 0 Å². The number of hydrogen-bond acceptors (Lipinski definition) is 3. The molecule has 0 aromatic heterocycles. The van der Waals surface area contributed by atoms with Gasteiger partial charge in [0.25, 0.3) is 5.91 Å². The van der Waals surface area contributed by atoms with Crippen molar-refractivity contribution >= 4 is 11.9 Å². The molecule has 20 heavy (non-hydrogen) atoms. The zero-order chi connectivity index (χ0) is 14.7. The van der Waals surface area contributed by atoms with Crippen molar-refractivity contribution in [1.82, 2.24) is 4.90 Å². The summed E-state index contributed by atoms with van der Waals surface area (Å²) in [6.45, 7) is 3.16. The van der Waals surface area contributed by atoms with Crippen molar-refractivity contribution in [2.45, 2.75) is 13.5 Å². The third kappa shape index (κ3) is 2.99. The largest absolute Gasteiger partial charge is 0.481 e. The molecule has 1 saturated heterocycles. The van der Waals surface area contributed by atoms with Gasteiger partial charge in [0.05, 0.1) is 12.5 Å². The molecule has 2 rings (SSSR count). The topological polar surface area (TPSA) is 66.8 Å². The van der Waals surface area contributed by atoms with Gasteiger partial charge in [-0.1, -0.05) is 19.1 Å². The number of carboxylic acids is 1. The Morgan fingerprint density at radius 2 is 1.95 bits per heavy atom. The van der Waals surface area contributed by atoms with Crippen LogP contribution in [0.1, 0.15) is 22.8 Å². The number of aliphatic carboxylic acids is 1. The first-order valence-electron chi connectivity index (χ1n) is 6.63. The molecule has 1 heterocycles. The Labute approximate surface area is 118 Å². The molecule has 1 N–H and O–H groups in total. The van der Waals surface area contributed by atoms with E-state index in [-0.39, 0.29) is 18.4 Å². The predicted molar refractivity (Wildman–Crippen MR) is 73.3 cm³/mol. The number of nitrogens with zero attached hydrogens (tertiary/aromatic N) is 1. The van der Waals surface area contributed by atoms with E-state index >= 15 is 0 Å². The Morgan fingerprint density at radius 3 is 2.45 bits per heavy atom. The highest BCUT2D eigenvalue weighted by Crippen LogP contribution is 2.24. The second kappa shape index (κ2) is 6.05. The van der Waals surface area contributed by atoms with E-state index < -0.39 is 11.9 Å². The summed E-state index contributed by atoms with van der Waals surface area (Å²) in [5.41, 5.74) is 1.59. The molecule has 1 aliphatic heterocycles. The number of hydrogen-bond donors (Lipinski definition) is 1. The summed E-state index contributed by atoms with van der Waals surface area (Å²) in [5, 5.41) is 9.10. The van der Waals surface area contributed by atoms with Crippen molar-refractivity contribution in [2.24, 2.45) is 11.8 Å². The number of carbonyl (C=O) groups is 2. The molecule has 0 saturated carbocycles. The molecule has 1 fully saturated rings. The van der Waals surface area contributed by atoms with Gasteiger partial charge < -0.3 is 14.7 Å². The molecule has 5 nitrogen and oxygen atoms in total. The first kappa shape index (κ1) is 14.5. The molecule has 0 bridgehead atoms. The van der Waals surface area contributed by atoms with Crippen LogP contribution in [0.25, 0.3) is 0 Å². The normalized spacial score (nSPS) is 22.0. The first-order valence-corrected chi connectivity index (χ1v) is 6.63. The van der Waals surface area contributed by atoms with Gasteiger partial charge in [-0.25, -0.2) is 0 Å².